The van der Waals surface area contributed by atoms with Gasteiger partial charge in [0.2, 0.25) is 0 Å². The predicted octanol–water partition coefficient (Wildman–Crippen LogP) is 3.40. The zero-order valence-electron chi connectivity index (χ0n) is 11.1. The van der Waals surface area contributed by atoms with Gasteiger partial charge in [-0.1, -0.05) is 26.8 Å². The van der Waals surface area contributed by atoms with Crippen molar-refractivity contribution in [2.75, 3.05) is 6.61 Å². The minimum atomic E-state index is -2.29. The maximum Gasteiger partial charge on any atom is 0.401 e. The Morgan fingerprint density at radius 2 is 1.75 bits per heavy atom. The van der Waals surface area contributed by atoms with Gasteiger partial charge in [-0.05, 0) is 32.4 Å². The van der Waals surface area contributed by atoms with Crippen LogP contribution in [0.15, 0.2) is 11.6 Å². The first kappa shape index (κ1) is 15.4. The van der Waals surface area contributed by atoms with E-state index in [0.29, 0.717) is 12.2 Å². The van der Waals surface area contributed by atoms with E-state index in [-0.39, 0.29) is 5.97 Å². The molecule has 0 aliphatic carbocycles. The molecule has 3 nitrogen and oxygen atoms in total. The zero-order valence-corrected chi connectivity index (χ0v) is 12.1. The van der Waals surface area contributed by atoms with Crippen LogP contribution in [0.5, 0.6) is 0 Å². The van der Waals surface area contributed by atoms with Crippen molar-refractivity contribution in [1.29, 1.82) is 0 Å². The van der Waals surface area contributed by atoms with E-state index in [4.69, 9.17) is 8.85 Å². The molecular formula is C12H24O3Si. The van der Waals surface area contributed by atoms with E-state index >= 15 is 0 Å². The molecule has 0 bridgehead atoms. The van der Waals surface area contributed by atoms with Gasteiger partial charge in [-0.3, -0.25) is 0 Å². The Kier molecular flexibility index (Phi) is 7.33. The largest absolute Gasteiger partial charge is 0.491 e. The molecule has 0 heterocycles. The van der Waals surface area contributed by atoms with Crippen molar-refractivity contribution in [3.05, 3.63) is 11.6 Å². The Labute approximate surface area is 100 Å². The molecular weight excluding hydrogens is 220 g/mol. The van der Waals surface area contributed by atoms with Crippen LogP contribution in [0.1, 0.15) is 41.0 Å². The van der Waals surface area contributed by atoms with Gasteiger partial charge in [0.1, 0.15) is 0 Å². The van der Waals surface area contributed by atoms with Crippen molar-refractivity contribution >= 4 is 14.5 Å². The molecule has 0 rings (SSSR count). The predicted molar refractivity (Wildman–Crippen MR) is 68.5 cm³/mol. The first-order valence-electron chi connectivity index (χ1n) is 6.09. The maximum atomic E-state index is 11.8. The second-order valence-electron chi connectivity index (χ2n) is 3.74. The van der Waals surface area contributed by atoms with Crippen LogP contribution in [-0.4, -0.2) is 21.1 Å². The highest BCUT2D eigenvalue weighted by Crippen LogP contribution is 2.20. The fraction of sp³-hybridized carbons (Fsp3) is 0.750. The van der Waals surface area contributed by atoms with E-state index < -0.39 is 8.56 Å². The normalized spacial score (nSPS) is 12.7. The molecule has 0 aromatic carbocycles. The summed E-state index contributed by atoms with van der Waals surface area (Å²) in [6.07, 6.45) is 2.74. The molecule has 0 N–H and O–H groups in total. The molecule has 0 fully saturated rings. The average Bonchev–Trinajstić information content (AvgIpc) is 2.28. The van der Waals surface area contributed by atoms with Crippen LogP contribution in [-0.2, 0) is 13.6 Å². The lowest BCUT2D eigenvalue weighted by atomic mass is 10.2. The molecule has 0 aliphatic heterocycles. The lowest BCUT2D eigenvalue weighted by molar-refractivity contribution is -0.132. The summed E-state index contributed by atoms with van der Waals surface area (Å²) in [6.45, 7) is 10.4. The van der Waals surface area contributed by atoms with Crippen LogP contribution in [0.3, 0.4) is 0 Å². The molecule has 0 unspecified atom stereocenters. The smallest absolute Gasteiger partial charge is 0.401 e. The molecule has 0 aromatic heterocycles. The number of carbonyl (C=O) groups excluding carboxylic acids is 1. The number of hydrogen-bond donors (Lipinski definition) is 0. The fourth-order valence-electron chi connectivity index (χ4n) is 1.53. The van der Waals surface area contributed by atoms with Gasteiger partial charge in [0.25, 0.3) is 0 Å². The maximum absolute atomic E-state index is 11.8. The van der Waals surface area contributed by atoms with Crippen LogP contribution in [0, 0.1) is 0 Å². The number of allylic oxidation sites excluding steroid dienone is 1. The van der Waals surface area contributed by atoms with Gasteiger partial charge in [0.15, 0.2) is 0 Å². The minimum Gasteiger partial charge on any atom is -0.491 e. The molecule has 0 amide bonds. The van der Waals surface area contributed by atoms with E-state index in [1.807, 2.05) is 33.8 Å². The van der Waals surface area contributed by atoms with E-state index in [1.165, 1.54) is 0 Å². The topological polar surface area (TPSA) is 35.5 Å². The third-order valence-electron chi connectivity index (χ3n) is 2.60. The Bertz CT molecular complexity index is 245. The highest BCUT2D eigenvalue weighted by atomic mass is 28.4. The Morgan fingerprint density at radius 1 is 1.19 bits per heavy atom. The molecule has 0 aromatic rings. The third-order valence-corrected chi connectivity index (χ3v) is 6.12. The van der Waals surface area contributed by atoms with Crippen molar-refractivity contribution in [3.8, 4) is 0 Å². The highest BCUT2D eigenvalue weighted by Gasteiger charge is 2.37. The molecule has 0 atom stereocenters. The third kappa shape index (κ3) is 4.49. The van der Waals surface area contributed by atoms with Gasteiger partial charge in [-0.25, -0.2) is 4.79 Å². The summed E-state index contributed by atoms with van der Waals surface area (Å²) in [5.41, 5.74) is 0.681. The quantitative estimate of drug-likeness (QED) is 0.508. The molecule has 0 radical (unpaired) electrons. The van der Waals surface area contributed by atoms with Gasteiger partial charge in [0.05, 0.1) is 0 Å². The molecule has 0 saturated heterocycles. The van der Waals surface area contributed by atoms with Crippen molar-refractivity contribution in [1.82, 2.24) is 0 Å². The monoisotopic (exact) mass is 244 g/mol. The SMILES string of the molecule is CCC=C(C)C(=O)O[Si](CC)(CC)OCC. The molecule has 94 valence electrons. The lowest BCUT2D eigenvalue weighted by Crippen LogP contribution is -2.42. The summed E-state index contributed by atoms with van der Waals surface area (Å²) in [4.78, 5) is 11.8. The second-order valence-corrected chi connectivity index (χ2v) is 7.46. The molecule has 0 saturated carbocycles. The van der Waals surface area contributed by atoms with Crippen molar-refractivity contribution in [3.63, 3.8) is 0 Å². The molecule has 16 heavy (non-hydrogen) atoms. The Hall–Kier alpha value is -0.613. The summed E-state index contributed by atoms with van der Waals surface area (Å²) >= 11 is 0. The van der Waals surface area contributed by atoms with E-state index in [0.717, 1.165) is 18.5 Å². The molecule has 0 spiro atoms. The minimum absolute atomic E-state index is 0.217. The Morgan fingerprint density at radius 3 is 2.12 bits per heavy atom. The van der Waals surface area contributed by atoms with Crippen molar-refractivity contribution in [2.24, 2.45) is 0 Å². The first-order chi connectivity index (χ1) is 7.55. The number of rotatable bonds is 7. The second kappa shape index (κ2) is 7.63. The summed E-state index contributed by atoms with van der Waals surface area (Å²) in [5.74, 6) is -0.217. The molecule has 4 heteroatoms. The fourth-order valence-corrected chi connectivity index (χ4v) is 3.81. The van der Waals surface area contributed by atoms with E-state index in [1.54, 1.807) is 6.92 Å². The van der Waals surface area contributed by atoms with Crippen LogP contribution in [0.2, 0.25) is 12.1 Å². The van der Waals surface area contributed by atoms with E-state index in [9.17, 15) is 4.79 Å². The van der Waals surface area contributed by atoms with Gasteiger partial charge in [0, 0.05) is 12.2 Å². The van der Waals surface area contributed by atoms with Gasteiger partial charge in [-0.2, -0.15) is 0 Å². The van der Waals surface area contributed by atoms with Crippen molar-refractivity contribution in [2.45, 2.75) is 53.1 Å². The summed E-state index contributed by atoms with van der Waals surface area (Å²) in [5, 5.41) is 0. The van der Waals surface area contributed by atoms with E-state index in [2.05, 4.69) is 0 Å². The zero-order chi connectivity index (χ0) is 12.6. The standard InChI is InChI=1S/C12H24O3Si/c1-6-10-11(5)12(13)15-16(8-3,9-4)14-7-2/h10H,6-9H2,1-5H3. The van der Waals surface area contributed by atoms with Crippen LogP contribution in [0.4, 0.5) is 0 Å². The Balaban J connectivity index is 4.62. The lowest BCUT2D eigenvalue weighted by Gasteiger charge is -2.27. The van der Waals surface area contributed by atoms with Gasteiger partial charge >= 0.3 is 14.5 Å². The highest BCUT2D eigenvalue weighted by molar-refractivity contribution is 6.69. The summed E-state index contributed by atoms with van der Waals surface area (Å²) in [6, 6.07) is 1.62. The van der Waals surface area contributed by atoms with Crippen LogP contribution >= 0.6 is 0 Å². The molecule has 0 aliphatic rings. The van der Waals surface area contributed by atoms with Crippen molar-refractivity contribution < 1.29 is 13.6 Å². The van der Waals surface area contributed by atoms with Crippen LogP contribution < -0.4 is 0 Å². The summed E-state index contributed by atoms with van der Waals surface area (Å²) in [7, 11) is -2.29. The number of carbonyl (C=O) groups is 1. The first-order valence-corrected chi connectivity index (χ1v) is 8.32. The van der Waals surface area contributed by atoms with Gasteiger partial charge < -0.3 is 8.85 Å². The van der Waals surface area contributed by atoms with Gasteiger partial charge in [-0.15, -0.1) is 0 Å². The average molecular weight is 244 g/mol. The van der Waals surface area contributed by atoms with Crippen LogP contribution in [0.25, 0.3) is 0 Å². The number of hydrogen-bond acceptors (Lipinski definition) is 3. The summed E-state index contributed by atoms with van der Waals surface area (Å²) < 4.78 is 11.3.